The third kappa shape index (κ3) is 2.21. The minimum Gasteiger partial charge on any atom is -0.281 e. The SMILES string of the molecule is CC(C)S(=O)(=O)N1C[C@H]2Cc3c(-c4ccncc4)n[nH]c3[C@H]2C1. The van der Waals surface area contributed by atoms with Crippen LogP contribution in [0.5, 0.6) is 0 Å². The first-order valence-corrected chi connectivity index (χ1v) is 9.45. The lowest BCUT2D eigenvalue weighted by molar-refractivity contribution is 0.450. The molecular weight excluding hydrogens is 312 g/mol. The number of hydrogen-bond acceptors (Lipinski definition) is 4. The predicted octanol–water partition coefficient (Wildman–Crippen LogP) is 1.78. The zero-order valence-electron chi connectivity index (χ0n) is 13.2. The van der Waals surface area contributed by atoms with Crippen molar-refractivity contribution in [1.29, 1.82) is 0 Å². The van der Waals surface area contributed by atoms with Crippen LogP contribution in [-0.2, 0) is 16.4 Å². The minimum absolute atomic E-state index is 0.238. The standard InChI is InChI=1S/C16H20N4O2S/c1-10(2)23(21,22)20-8-12-7-13-15(11-3-5-17-6-4-11)18-19-16(13)14(12)9-20/h3-6,10,12,14H,7-9H2,1-2H3,(H,18,19)/t12-,14+/m1/s1. The van der Waals surface area contributed by atoms with Gasteiger partial charge in [-0.15, -0.1) is 0 Å². The lowest BCUT2D eigenvalue weighted by Gasteiger charge is -2.19. The molecule has 122 valence electrons. The fourth-order valence-electron chi connectivity index (χ4n) is 3.77. The summed E-state index contributed by atoms with van der Waals surface area (Å²) in [5.74, 6) is 0.593. The minimum atomic E-state index is -3.18. The van der Waals surface area contributed by atoms with E-state index in [1.54, 1.807) is 30.5 Å². The summed E-state index contributed by atoms with van der Waals surface area (Å²) in [4.78, 5) is 4.05. The highest BCUT2D eigenvalue weighted by molar-refractivity contribution is 7.89. The first-order chi connectivity index (χ1) is 11.0. The van der Waals surface area contributed by atoms with Gasteiger partial charge < -0.3 is 0 Å². The molecule has 7 heteroatoms. The van der Waals surface area contributed by atoms with E-state index in [0.717, 1.165) is 23.4 Å². The van der Waals surface area contributed by atoms with Gasteiger partial charge in [0.25, 0.3) is 0 Å². The number of nitrogens with zero attached hydrogens (tertiary/aromatic N) is 3. The molecule has 0 saturated carbocycles. The molecule has 0 radical (unpaired) electrons. The molecule has 6 nitrogen and oxygen atoms in total. The van der Waals surface area contributed by atoms with E-state index < -0.39 is 10.0 Å². The quantitative estimate of drug-likeness (QED) is 0.929. The van der Waals surface area contributed by atoms with Crippen molar-refractivity contribution < 1.29 is 8.42 Å². The van der Waals surface area contributed by atoms with E-state index in [4.69, 9.17) is 0 Å². The highest BCUT2D eigenvalue weighted by atomic mass is 32.2. The van der Waals surface area contributed by atoms with Gasteiger partial charge in [-0.3, -0.25) is 10.1 Å². The molecule has 4 rings (SSSR count). The van der Waals surface area contributed by atoms with Crippen molar-refractivity contribution in [2.45, 2.75) is 31.4 Å². The van der Waals surface area contributed by atoms with Gasteiger partial charge in [0, 0.05) is 48.2 Å². The van der Waals surface area contributed by atoms with Gasteiger partial charge in [0.2, 0.25) is 10.0 Å². The fraction of sp³-hybridized carbons (Fsp3) is 0.500. The summed E-state index contributed by atoms with van der Waals surface area (Å²) >= 11 is 0. The van der Waals surface area contributed by atoms with E-state index in [0.29, 0.717) is 19.0 Å². The molecule has 1 aliphatic carbocycles. The van der Waals surface area contributed by atoms with Crippen LogP contribution in [-0.4, -0.2) is 46.2 Å². The number of fused-ring (bicyclic) bond motifs is 3. The van der Waals surface area contributed by atoms with E-state index in [1.807, 2.05) is 12.1 Å². The molecule has 1 saturated heterocycles. The van der Waals surface area contributed by atoms with Crippen LogP contribution >= 0.6 is 0 Å². The van der Waals surface area contributed by atoms with Gasteiger partial charge >= 0.3 is 0 Å². The third-order valence-corrected chi connectivity index (χ3v) is 7.26. The van der Waals surface area contributed by atoms with Gasteiger partial charge in [0.05, 0.1) is 10.9 Å². The number of rotatable bonds is 3. The molecule has 0 bridgehead atoms. The molecule has 2 aliphatic rings. The molecule has 1 fully saturated rings. The average Bonchev–Trinajstić information content (AvgIpc) is 3.18. The predicted molar refractivity (Wildman–Crippen MR) is 87.4 cm³/mol. The van der Waals surface area contributed by atoms with Crippen LogP contribution in [0.15, 0.2) is 24.5 Å². The number of pyridine rings is 1. The van der Waals surface area contributed by atoms with Crippen LogP contribution in [0.25, 0.3) is 11.3 Å². The van der Waals surface area contributed by atoms with E-state index in [1.165, 1.54) is 5.56 Å². The second-order valence-corrected chi connectivity index (χ2v) is 9.17. The van der Waals surface area contributed by atoms with Gasteiger partial charge in [-0.1, -0.05) is 0 Å². The van der Waals surface area contributed by atoms with Crippen molar-refractivity contribution in [2.75, 3.05) is 13.1 Å². The fourth-order valence-corrected chi connectivity index (χ4v) is 5.14. The van der Waals surface area contributed by atoms with Gasteiger partial charge in [0.15, 0.2) is 0 Å². The maximum atomic E-state index is 12.4. The van der Waals surface area contributed by atoms with Crippen molar-refractivity contribution in [1.82, 2.24) is 19.5 Å². The summed E-state index contributed by atoms with van der Waals surface area (Å²) in [6.07, 6.45) is 4.42. The summed E-state index contributed by atoms with van der Waals surface area (Å²) in [6.45, 7) is 4.67. The molecule has 2 aromatic rings. The highest BCUT2D eigenvalue weighted by Crippen LogP contribution is 2.45. The monoisotopic (exact) mass is 332 g/mol. The van der Waals surface area contributed by atoms with E-state index >= 15 is 0 Å². The molecule has 0 amide bonds. The molecule has 0 unspecified atom stereocenters. The van der Waals surface area contributed by atoms with Gasteiger partial charge in [-0.25, -0.2) is 12.7 Å². The van der Waals surface area contributed by atoms with Crippen LogP contribution in [0.3, 0.4) is 0 Å². The molecule has 3 heterocycles. The molecule has 0 aromatic carbocycles. The average molecular weight is 332 g/mol. The van der Waals surface area contributed by atoms with Crippen LogP contribution in [0.2, 0.25) is 0 Å². The second kappa shape index (κ2) is 5.14. The number of H-pyrrole nitrogens is 1. The van der Waals surface area contributed by atoms with Crippen molar-refractivity contribution in [3.8, 4) is 11.3 Å². The van der Waals surface area contributed by atoms with E-state index in [2.05, 4.69) is 15.2 Å². The Kier molecular flexibility index (Phi) is 3.32. The Hall–Kier alpha value is -1.73. The second-order valence-electron chi connectivity index (χ2n) is 6.68. The maximum Gasteiger partial charge on any atom is 0.216 e. The maximum absolute atomic E-state index is 12.4. The first kappa shape index (κ1) is 14.8. The van der Waals surface area contributed by atoms with Crippen molar-refractivity contribution in [3.63, 3.8) is 0 Å². The molecule has 2 aromatic heterocycles. The number of sulfonamides is 1. The molecule has 23 heavy (non-hydrogen) atoms. The van der Waals surface area contributed by atoms with E-state index in [9.17, 15) is 8.42 Å². The Bertz CT molecular complexity index is 829. The zero-order valence-corrected chi connectivity index (χ0v) is 14.0. The summed E-state index contributed by atoms with van der Waals surface area (Å²) < 4.78 is 26.4. The largest absolute Gasteiger partial charge is 0.281 e. The number of aromatic nitrogens is 3. The zero-order chi connectivity index (χ0) is 16.2. The summed E-state index contributed by atoms with van der Waals surface area (Å²) in [6, 6.07) is 3.92. The lowest BCUT2D eigenvalue weighted by atomic mass is 9.99. The number of aromatic amines is 1. The van der Waals surface area contributed by atoms with Crippen molar-refractivity contribution >= 4 is 10.0 Å². The summed E-state index contributed by atoms with van der Waals surface area (Å²) in [7, 11) is -3.18. The van der Waals surface area contributed by atoms with Crippen LogP contribution < -0.4 is 0 Å². The Labute approximate surface area is 136 Å². The van der Waals surface area contributed by atoms with Gasteiger partial charge in [-0.2, -0.15) is 5.10 Å². The van der Waals surface area contributed by atoms with Gasteiger partial charge in [0.1, 0.15) is 0 Å². The topological polar surface area (TPSA) is 79.0 Å². The number of nitrogens with one attached hydrogen (secondary N) is 1. The normalized spacial score (nSPS) is 24.1. The first-order valence-electron chi connectivity index (χ1n) is 7.95. The molecule has 2 atom stereocenters. The number of hydrogen-bond donors (Lipinski definition) is 1. The molecule has 1 aliphatic heterocycles. The Morgan fingerprint density at radius 2 is 2.00 bits per heavy atom. The van der Waals surface area contributed by atoms with Crippen LogP contribution in [0.4, 0.5) is 0 Å². The van der Waals surface area contributed by atoms with Crippen molar-refractivity contribution in [3.05, 3.63) is 35.8 Å². The van der Waals surface area contributed by atoms with Crippen LogP contribution in [0.1, 0.15) is 31.0 Å². The Morgan fingerprint density at radius 3 is 2.70 bits per heavy atom. The van der Waals surface area contributed by atoms with E-state index in [-0.39, 0.29) is 11.2 Å². The Balaban J connectivity index is 1.64. The van der Waals surface area contributed by atoms with Gasteiger partial charge in [-0.05, 0) is 38.3 Å². The highest BCUT2D eigenvalue weighted by Gasteiger charge is 2.46. The third-order valence-electron chi connectivity index (χ3n) is 5.05. The Morgan fingerprint density at radius 1 is 1.26 bits per heavy atom. The summed E-state index contributed by atoms with van der Waals surface area (Å²) in [5.41, 5.74) is 4.40. The van der Waals surface area contributed by atoms with Crippen molar-refractivity contribution in [2.24, 2.45) is 5.92 Å². The molecule has 0 spiro atoms. The lowest BCUT2D eigenvalue weighted by Crippen LogP contribution is -2.35. The molecule has 1 N–H and O–H groups in total. The smallest absolute Gasteiger partial charge is 0.216 e. The summed E-state index contributed by atoms with van der Waals surface area (Å²) in [5, 5.41) is 7.27. The van der Waals surface area contributed by atoms with Crippen LogP contribution in [0, 0.1) is 5.92 Å². The molecular formula is C16H20N4O2S.